The summed E-state index contributed by atoms with van der Waals surface area (Å²) in [6.45, 7) is 9.78. The second-order valence-corrected chi connectivity index (χ2v) is 9.60. The van der Waals surface area contributed by atoms with E-state index in [9.17, 15) is 13.2 Å². The smallest absolute Gasteiger partial charge is 0.265 e. The van der Waals surface area contributed by atoms with E-state index in [2.05, 4.69) is 30.8 Å². The molecule has 1 atom stereocenters. The molecule has 0 saturated heterocycles. The van der Waals surface area contributed by atoms with Crippen molar-refractivity contribution in [3.63, 3.8) is 0 Å². The van der Waals surface area contributed by atoms with Crippen LogP contribution in [0.2, 0.25) is 0 Å². The maximum atomic E-state index is 12.6. The normalized spacial score (nSPS) is 13.1. The second-order valence-electron chi connectivity index (χ2n) is 7.71. The first-order chi connectivity index (χ1) is 12.9. The van der Waals surface area contributed by atoms with Gasteiger partial charge in [-0.1, -0.05) is 39.0 Å². The van der Waals surface area contributed by atoms with Gasteiger partial charge >= 0.3 is 0 Å². The SMILES string of the molecule is CNS(=O)(=O)c1ccc(C)c(NC(=O)[C@@H](C)Oc2cccc(C(C)(C)C)c2)c1. The van der Waals surface area contributed by atoms with Crippen LogP contribution >= 0.6 is 0 Å². The van der Waals surface area contributed by atoms with Crippen molar-refractivity contribution in [3.8, 4) is 5.75 Å². The van der Waals surface area contributed by atoms with Gasteiger partial charge in [0.15, 0.2) is 6.10 Å². The molecule has 152 valence electrons. The zero-order valence-corrected chi connectivity index (χ0v) is 18.0. The van der Waals surface area contributed by atoms with Gasteiger partial charge in [-0.3, -0.25) is 4.79 Å². The highest BCUT2D eigenvalue weighted by Gasteiger charge is 2.19. The van der Waals surface area contributed by atoms with Crippen molar-refractivity contribution in [2.24, 2.45) is 0 Å². The molecule has 0 aliphatic heterocycles. The maximum absolute atomic E-state index is 12.6. The highest BCUT2D eigenvalue weighted by Crippen LogP contribution is 2.26. The summed E-state index contributed by atoms with van der Waals surface area (Å²) >= 11 is 0. The second kappa shape index (κ2) is 8.32. The molecule has 0 aromatic heterocycles. The first-order valence-electron chi connectivity index (χ1n) is 9.06. The Hall–Kier alpha value is -2.38. The molecule has 2 rings (SSSR count). The standard InChI is InChI=1S/C21H28N2O4S/c1-14-10-11-18(28(25,26)22-6)13-19(14)23-20(24)15(2)27-17-9-7-8-16(12-17)21(3,4)5/h7-13,15,22H,1-6H3,(H,23,24)/t15-/m1/s1. The molecule has 0 radical (unpaired) electrons. The fourth-order valence-electron chi connectivity index (χ4n) is 2.55. The number of amides is 1. The Morgan fingerprint density at radius 3 is 2.39 bits per heavy atom. The van der Waals surface area contributed by atoms with Crippen LogP contribution in [0.25, 0.3) is 0 Å². The summed E-state index contributed by atoms with van der Waals surface area (Å²) in [5.74, 6) is 0.251. The first-order valence-corrected chi connectivity index (χ1v) is 10.5. The molecule has 0 saturated carbocycles. The Morgan fingerprint density at radius 2 is 1.79 bits per heavy atom. The zero-order valence-electron chi connectivity index (χ0n) is 17.2. The fraction of sp³-hybridized carbons (Fsp3) is 0.381. The Morgan fingerprint density at radius 1 is 1.11 bits per heavy atom. The topological polar surface area (TPSA) is 84.5 Å². The number of hydrogen-bond donors (Lipinski definition) is 2. The van der Waals surface area contributed by atoms with E-state index in [1.165, 1.54) is 19.2 Å². The molecule has 2 aromatic rings. The highest BCUT2D eigenvalue weighted by molar-refractivity contribution is 7.89. The third kappa shape index (κ3) is 5.33. The van der Waals surface area contributed by atoms with E-state index in [1.54, 1.807) is 19.9 Å². The number of sulfonamides is 1. The van der Waals surface area contributed by atoms with Gasteiger partial charge in [0.1, 0.15) is 5.75 Å². The average Bonchev–Trinajstić information content (AvgIpc) is 2.62. The van der Waals surface area contributed by atoms with E-state index in [-0.39, 0.29) is 16.2 Å². The molecule has 6 nitrogen and oxygen atoms in total. The van der Waals surface area contributed by atoms with Crippen molar-refractivity contribution in [2.75, 3.05) is 12.4 Å². The van der Waals surface area contributed by atoms with E-state index in [0.717, 1.165) is 11.1 Å². The molecule has 1 amide bonds. The lowest BCUT2D eigenvalue weighted by atomic mass is 9.87. The lowest BCUT2D eigenvalue weighted by molar-refractivity contribution is -0.122. The van der Waals surface area contributed by atoms with Gasteiger partial charge in [-0.15, -0.1) is 0 Å². The summed E-state index contributed by atoms with van der Waals surface area (Å²) < 4.78 is 32.0. The van der Waals surface area contributed by atoms with Gasteiger partial charge in [0.2, 0.25) is 10.0 Å². The first kappa shape index (κ1) is 21.9. The molecule has 28 heavy (non-hydrogen) atoms. The number of anilines is 1. The Labute approximate surface area is 167 Å². The van der Waals surface area contributed by atoms with Crippen LogP contribution in [0.3, 0.4) is 0 Å². The van der Waals surface area contributed by atoms with Crippen LogP contribution < -0.4 is 14.8 Å². The van der Waals surface area contributed by atoms with E-state index >= 15 is 0 Å². The molecular formula is C21H28N2O4S. The zero-order chi connectivity index (χ0) is 21.1. The van der Waals surface area contributed by atoms with Crippen LogP contribution in [0.15, 0.2) is 47.4 Å². The minimum absolute atomic E-state index is 0.0266. The molecule has 7 heteroatoms. The van der Waals surface area contributed by atoms with E-state index in [0.29, 0.717) is 11.4 Å². The predicted octanol–water partition coefficient (Wildman–Crippen LogP) is 3.61. The monoisotopic (exact) mass is 404 g/mol. The van der Waals surface area contributed by atoms with Gasteiger partial charge in [0, 0.05) is 5.69 Å². The molecule has 0 aliphatic carbocycles. The van der Waals surface area contributed by atoms with Gasteiger partial charge < -0.3 is 10.1 Å². The lowest BCUT2D eigenvalue weighted by Crippen LogP contribution is -2.30. The molecule has 2 aromatic carbocycles. The van der Waals surface area contributed by atoms with E-state index in [1.807, 2.05) is 24.3 Å². The van der Waals surface area contributed by atoms with Gasteiger partial charge in [-0.25, -0.2) is 13.1 Å². The molecule has 2 N–H and O–H groups in total. The highest BCUT2D eigenvalue weighted by atomic mass is 32.2. The largest absolute Gasteiger partial charge is 0.481 e. The summed E-state index contributed by atoms with van der Waals surface area (Å²) in [7, 11) is -2.25. The van der Waals surface area contributed by atoms with Gasteiger partial charge in [-0.2, -0.15) is 0 Å². The summed E-state index contributed by atoms with van der Waals surface area (Å²) in [5, 5.41) is 2.76. The van der Waals surface area contributed by atoms with Crippen LogP contribution in [0.5, 0.6) is 5.75 Å². The quantitative estimate of drug-likeness (QED) is 0.770. The number of rotatable bonds is 6. The molecule has 0 fully saturated rings. The number of carbonyl (C=O) groups excluding carboxylic acids is 1. The van der Waals surface area contributed by atoms with Crippen LogP contribution in [0, 0.1) is 6.92 Å². The van der Waals surface area contributed by atoms with Crippen molar-refractivity contribution >= 4 is 21.6 Å². The summed E-state index contributed by atoms with van der Waals surface area (Å²) in [6, 6.07) is 12.2. The molecule has 0 heterocycles. The number of nitrogens with one attached hydrogen (secondary N) is 2. The molecule has 0 bridgehead atoms. The molecular weight excluding hydrogens is 376 g/mol. The van der Waals surface area contributed by atoms with Crippen molar-refractivity contribution < 1.29 is 17.9 Å². The minimum Gasteiger partial charge on any atom is -0.481 e. The van der Waals surface area contributed by atoms with Crippen molar-refractivity contribution in [2.45, 2.75) is 51.0 Å². The van der Waals surface area contributed by atoms with Crippen molar-refractivity contribution in [1.29, 1.82) is 0 Å². The molecule has 0 aliphatic rings. The van der Waals surface area contributed by atoms with Crippen molar-refractivity contribution in [3.05, 3.63) is 53.6 Å². The van der Waals surface area contributed by atoms with Gasteiger partial charge in [0.25, 0.3) is 5.91 Å². The summed E-state index contributed by atoms with van der Waals surface area (Å²) in [5.41, 5.74) is 2.27. The summed E-state index contributed by atoms with van der Waals surface area (Å²) in [6.07, 6.45) is -0.751. The van der Waals surface area contributed by atoms with Gasteiger partial charge in [-0.05, 0) is 61.7 Å². The number of hydrogen-bond acceptors (Lipinski definition) is 4. The number of ether oxygens (including phenoxy) is 1. The number of benzene rings is 2. The fourth-order valence-corrected chi connectivity index (χ4v) is 3.30. The molecule has 0 spiro atoms. The number of aryl methyl sites for hydroxylation is 1. The van der Waals surface area contributed by atoms with Crippen LogP contribution in [-0.2, 0) is 20.2 Å². The third-order valence-corrected chi connectivity index (χ3v) is 5.84. The Balaban J connectivity index is 2.16. The Kier molecular flexibility index (Phi) is 6.52. The van der Waals surface area contributed by atoms with Crippen LogP contribution in [-0.4, -0.2) is 27.5 Å². The van der Waals surface area contributed by atoms with Crippen LogP contribution in [0.4, 0.5) is 5.69 Å². The molecule has 0 unspecified atom stereocenters. The van der Waals surface area contributed by atoms with Crippen molar-refractivity contribution in [1.82, 2.24) is 4.72 Å². The maximum Gasteiger partial charge on any atom is 0.265 e. The van der Waals surface area contributed by atoms with Gasteiger partial charge in [0.05, 0.1) is 4.90 Å². The number of carbonyl (C=O) groups is 1. The Bertz CT molecular complexity index is 963. The predicted molar refractivity (Wildman–Crippen MR) is 111 cm³/mol. The van der Waals surface area contributed by atoms with E-state index in [4.69, 9.17) is 4.74 Å². The summed E-state index contributed by atoms with van der Waals surface area (Å²) in [4.78, 5) is 12.7. The third-order valence-electron chi connectivity index (χ3n) is 4.43. The average molecular weight is 405 g/mol. The van der Waals surface area contributed by atoms with E-state index < -0.39 is 16.1 Å². The van der Waals surface area contributed by atoms with Crippen LogP contribution in [0.1, 0.15) is 38.8 Å². The minimum atomic E-state index is -3.59. The lowest BCUT2D eigenvalue weighted by Gasteiger charge is -2.21.